The first kappa shape index (κ1) is 16.7. The van der Waals surface area contributed by atoms with E-state index in [1.807, 2.05) is 18.2 Å². The van der Waals surface area contributed by atoms with Crippen LogP contribution in [-0.2, 0) is 20.3 Å². The van der Waals surface area contributed by atoms with Gasteiger partial charge in [-0.2, -0.15) is 0 Å². The quantitative estimate of drug-likeness (QED) is 0.568. The number of phenols is 1. The molecular formula is C14H22NiOS. The van der Waals surface area contributed by atoms with E-state index in [1.54, 1.807) is 6.07 Å². The van der Waals surface area contributed by atoms with Gasteiger partial charge in [-0.3, -0.25) is 0 Å². The topological polar surface area (TPSA) is 20.2 Å². The fourth-order valence-electron chi connectivity index (χ4n) is 1.82. The SMILES string of the molecule is CCCCCCCCc1ccccc1O.[S]=[Ni]. The summed E-state index contributed by atoms with van der Waals surface area (Å²) in [4.78, 5) is 0. The first-order valence-electron chi connectivity index (χ1n) is 6.24. The van der Waals surface area contributed by atoms with Gasteiger partial charge < -0.3 is 5.11 Å². The predicted molar refractivity (Wildman–Crippen MR) is 72.8 cm³/mol. The van der Waals surface area contributed by atoms with Crippen molar-refractivity contribution in [3.05, 3.63) is 29.8 Å². The predicted octanol–water partition coefficient (Wildman–Crippen LogP) is 4.94. The van der Waals surface area contributed by atoms with Gasteiger partial charge in [0.25, 0.3) is 0 Å². The second-order valence-electron chi connectivity index (χ2n) is 4.15. The van der Waals surface area contributed by atoms with Crippen LogP contribution in [-0.4, -0.2) is 5.11 Å². The summed E-state index contributed by atoms with van der Waals surface area (Å²) in [5.41, 5.74) is 1.09. The summed E-state index contributed by atoms with van der Waals surface area (Å²) in [5, 5.41) is 9.55. The standard InChI is InChI=1S/C14H22O.Ni.S/c1-2-3-4-5-6-7-10-13-11-8-9-12-14(13)15;;/h8-9,11-12,15H,2-7,10H2,1H3;;. The number of unbranched alkanes of at least 4 members (excludes halogenated alkanes) is 5. The molecule has 0 spiro atoms. The summed E-state index contributed by atoms with van der Waals surface area (Å²) in [6, 6.07) is 7.65. The van der Waals surface area contributed by atoms with E-state index in [0.717, 1.165) is 12.0 Å². The van der Waals surface area contributed by atoms with E-state index in [9.17, 15) is 5.11 Å². The van der Waals surface area contributed by atoms with Crippen LogP contribution >= 0.6 is 10.7 Å². The van der Waals surface area contributed by atoms with Gasteiger partial charge in [0.15, 0.2) is 0 Å². The molecule has 0 amide bonds. The first-order chi connectivity index (χ1) is 8.34. The molecule has 0 aliphatic carbocycles. The molecule has 100 valence electrons. The van der Waals surface area contributed by atoms with Gasteiger partial charge >= 0.3 is 24.5 Å². The normalized spacial score (nSPS) is 9.59. The van der Waals surface area contributed by atoms with Crippen molar-refractivity contribution in [2.45, 2.75) is 51.9 Å². The average molecular weight is 297 g/mol. The second-order valence-corrected chi connectivity index (χ2v) is 4.15. The average Bonchev–Trinajstić information content (AvgIpc) is 2.38. The Morgan fingerprint density at radius 2 is 1.59 bits per heavy atom. The molecule has 17 heavy (non-hydrogen) atoms. The van der Waals surface area contributed by atoms with E-state index in [1.165, 1.54) is 38.5 Å². The molecule has 0 bridgehead atoms. The molecule has 1 nitrogen and oxygen atoms in total. The third-order valence-corrected chi connectivity index (χ3v) is 2.79. The van der Waals surface area contributed by atoms with Gasteiger partial charge in [0.05, 0.1) is 0 Å². The Morgan fingerprint density at radius 3 is 2.24 bits per heavy atom. The Kier molecular flexibility index (Phi) is 12.0. The van der Waals surface area contributed by atoms with E-state index < -0.39 is 0 Å². The van der Waals surface area contributed by atoms with Crippen molar-refractivity contribution >= 4 is 10.7 Å². The fraction of sp³-hybridized carbons (Fsp3) is 0.571. The summed E-state index contributed by atoms with van der Waals surface area (Å²) in [7, 11) is 3.71. The molecule has 1 aromatic rings. The maximum absolute atomic E-state index is 9.55. The molecule has 0 aromatic heterocycles. The summed E-state index contributed by atoms with van der Waals surface area (Å²) in [6.07, 6.45) is 8.85. The minimum absolute atomic E-state index is 0.450. The molecule has 1 aromatic carbocycles. The van der Waals surface area contributed by atoms with Gasteiger partial charge in [0.1, 0.15) is 5.75 Å². The van der Waals surface area contributed by atoms with E-state index >= 15 is 0 Å². The third-order valence-electron chi connectivity index (χ3n) is 2.79. The van der Waals surface area contributed by atoms with Crippen LogP contribution in [0, 0.1) is 0 Å². The summed E-state index contributed by atoms with van der Waals surface area (Å²) < 4.78 is 0. The van der Waals surface area contributed by atoms with Gasteiger partial charge in [-0.25, -0.2) is 0 Å². The number of aryl methyl sites for hydroxylation is 1. The molecule has 0 heterocycles. The zero-order valence-electron chi connectivity index (χ0n) is 10.4. The molecule has 1 rings (SSSR count). The Hall–Kier alpha value is -0.266. The number of benzene rings is 1. The molecule has 0 aliphatic heterocycles. The zero-order chi connectivity index (χ0) is 12.9. The van der Waals surface area contributed by atoms with Crippen molar-refractivity contribution in [1.29, 1.82) is 0 Å². The van der Waals surface area contributed by atoms with Gasteiger partial charge in [0.2, 0.25) is 0 Å². The van der Waals surface area contributed by atoms with Crippen molar-refractivity contribution < 1.29 is 19.0 Å². The zero-order valence-corrected chi connectivity index (χ0v) is 12.2. The summed E-state index contributed by atoms with van der Waals surface area (Å²) in [5.74, 6) is 0.450. The Morgan fingerprint density at radius 1 is 1.00 bits per heavy atom. The molecular weight excluding hydrogens is 275 g/mol. The van der Waals surface area contributed by atoms with Crippen LogP contribution in [0.25, 0.3) is 0 Å². The van der Waals surface area contributed by atoms with Crippen molar-refractivity contribution in [2.24, 2.45) is 0 Å². The summed E-state index contributed by atoms with van der Waals surface area (Å²) in [6.45, 7) is 2.24. The molecule has 0 unspecified atom stereocenters. The fourth-order valence-corrected chi connectivity index (χ4v) is 1.82. The van der Waals surface area contributed by atoms with E-state index in [-0.39, 0.29) is 0 Å². The number of hydrogen-bond donors (Lipinski definition) is 1. The number of hydrogen-bond acceptors (Lipinski definition) is 2. The number of rotatable bonds is 7. The Labute approximate surface area is 117 Å². The van der Waals surface area contributed by atoms with Gasteiger partial charge in [-0.15, -0.1) is 0 Å². The van der Waals surface area contributed by atoms with Crippen LogP contribution in [0.3, 0.4) is 0 Å². The molecule has 0 saturated carbocycles. The molecule has 0 aliphatic rings. The Bertz CT molecular complexity index is 291. The van der Waals surface area contributed by atoms with Crippen LogP contribution < -0.4 is 0 Å². The first-order valence-corrected chi connectivity index (χ1v) is 7.71. The van der Waals surface area contributed by atoms with Crippen molar-refractivity contribution in [3.63, 3.8) is 0 Å². The van der Waals surface area contributed by atoms with E-state index in [4.69, 9.17) is 0 Å². The molecule has 1 N–H and O–H groups in total. The minimum atomic E-state index is 0.450. The van der Waals surface area contributed by atoms with Crippen molar-refractivity contribution in [2.75, 3.05) is 0 Å². The van der Waals surface area contributed by atoms with E-state index in [0.29, 0.717) is 5.75 Å². The molecule has 0 saturated heterocycles. The van der Waals surface area contributed by atoms with Crippen LogP contribution in [0.1, 0.15) is 51.0 Å². The van der Waals surface area contributed by atoms with Gasteiger partial charge in [-0.05, 0) is 24.5 Å². The van der Waals surface area contributed by atoms with E-state index in [2.05, 4.69) is 31.4 Å². The van der Waals surface area contributed by atoms with Crippen molar-refractivity contribution in [1.82, 2.24) is 0 Å². The Balaban J connectivity index is 0.00000121. The molecule has 0 radical (unpaired) electrons. The monoisotopic (exact) mass is 296 g/mol. The summed E-state index contributed by atoms with van der Waals surface area (Å²) >= 11 is 3.46. The van der Waals surface area contributed by atoms with Crippen LogP contribution in [0.15, 0.2) is 24.3 Å². The molecule has 0 atom stereocenters. The number of para-hydroxylation sites is 1. The molecule has 0 fully saturated rings. The number of aromatic hydroxyl groups is 1. The number of phenolic OH excluding ortho intramolecular Hbond substituents is 1. The maximum atomic E-state index is 9.55. The van der Waals surface area contributed by atoms with Crippen LogP contribution in [0.5, 0.6) is 5.75 Å². The second kappa shape index (κ2) is 12.2. The third kappa shape index (κ3) is 8.46. The van der Waals surface area contributed by atoms with Crippen LogP contribution in [0.2, 0.25) is 0 Å². The van der Waals surface area contributed by atoms with Crippen molar-refractivity contribution in [3.8, 4) is 5.75 Å². The van der Waals surface area contributed by atoms with Gasteiger partial charge in [0, 0.05) is 0 Å². The van der Waals surface area contributed by atoms with Gasteiger partial charge in [-0.1, -0.05) is 57.2 Å². The molecule has 3 heteroatoms. The van der Waals surface area contributed by atoms with Crippen LogP contribution in [0.4, 0.5) is 0 Å².